The van der Waals surface area contributed by atoms with Gasteiger partial charge in [0, 0.05) is 19.3 Å². The fraction of sp³-hybridized carbons (Fsp3) is 0.767. The minimum atomic E-state index is -0.793. The molecule has 0 heterocycles. The van der Waals surface area contributed by atoms with E-state index in [9.17, 15) is 14.4 Å². The molecule has 0 aromatic rings. The molecule has 0 amide bonds. The van der Waals surface area contributed by atoms with E-state index in [0.29, 0.717) is 19.3 Å². The zero-order valence-electron chi connectivity index (χ0n) is 52.4. The summed E-state index contributed by atoms with van der Waals surface area (Å²) >= 11 is 0. The smallest absolute Gasteiger partial charge is 0.306 e. The van der Waals surface area contributed by atoms with Crippen LogP contribution in [-0.4, -0.2) is 37.2 Å². The summed E-state index contributed by atoms with van der Waals surface area (Å²) in [5, 5.41) is 0. The predicted octanol–water partition coefficient (Wildman–Crippen LogP) is 23.4. The van der Waals surface area contributed by atoms with Crippen LogP contribution >= 0.6 is 0 Å². The Bertz CT molecular complexity index is 1500. The average molecular weight is 1100 g/mol. The molecular formula is C73H128O6. The van der Waals surface area contributed by atoms with Gasteiger partial charge in [-0.3, -0.25) is 14.4 Å². The molecule has 0 N–H and O–H groups in total. The molecule has 0 aromatic carbocycles. The van der Waals surface area contributed by atoms with E-state index >= 15 is 0 Å². The summed E-state index contributed by atoms with van der Waals surface area (Å²) in [5.41, 5.74) is 0. The lowest BCUT2D eigenvalue weighted by atomic mass is 10.0. The number of carbonyl (C=O) groups is 3. The first kappa shape index (κ1) is 75.6. The first-order chi connectivity index (χ1) is 39.0. The summed E-state index contributed by atoms with van der Waals surface area (Å²) in [6.45, 7) is 6.52. The van der Waals surface area contributed by atoms with E-state index < -0.39 is 6.10 Å². The van der Waals surface area contributed by atoms with Crippen molar-refractivity contribution in [2.24, 2.45) is 0 Å². The lowest BCUT2D eigenvalue weighted by Gasteiger charge is -2.18. The minimum absolute atomic E-state index is 0.0867. The Morgan fingerprint density at radius 1 is 0.266 bits per heavy atom. The second-order valence-corrected chi connectivity index (χ2v) is 22.7. The van der Waals surface area contributed by atoms with Crippen LogP contribution in [0.4, 0.5) is 0 Å². The third-order valence-corrected chi connectivity index (χ3v) is 14.9. The number of allylic oxidation sites excluding steroid dienone is 14. The molecule has 6 nitrogen and oxygen atoms in total. The molecule has 0 saturated heterocycles. The highest BCUT2D eigenvalue weighted by Gasteiger charge is 2.19. The number of hydrogen-bond acceptors (Lipinski definition) is 6. The van der Waals surface area contributed by atoms with Gasteiger partial charge in [-0.1, -0.05) is 311 Å². The van der Waals surface area contributed by atoms with Crippen molar-refractivity contribution in [2.75, 3.05) is 13.2 Å². The number of unbranched alkanes of at least 4 members (excludes halogenated alkanes) is 37. The SMILES string of the molecule is CC/C=C\C/C=C\C/C=C\C/C=C\CCCCC(=O)OCC(COC(=O)CCCCCCCCCCCCCCCC/C=C\C/C=C\C/C=C\CCCCCCC)OC(=O)CCCCCCCCCCCCCCCCCCC. The molecule has 0 rings (SSSR count). The zero-order chi connectivity index (χ0) is 57.1. The maximum Gasteiger partial charge on any atom is 0.306 e. The fourth-order valence-electron chi connectivity index (χ4n) is 9.80. The number of esters is 3. The molecule has 456 valence electrons. The van der Waals surface area contributed by atoms with Gasteiger partial charge in [0.15, 0.2) is 6.10 Å². The van der Waals surface area contributed by atoms with E-state index in [1.165, 1.54) is 205 Å². The Morgan fingerprint density at radius 3 is 0.797 bits per heavy atom. The highest BCUT2D eigenvalue weighted by atomic mass is 16.6. The van der Waals surface area contributed by atoms with E-state index in [-0.39, 0.29) is 31.1 Å². The Labute approximate surface area is 490 Å². The summed E-state index contributed by atoms with van der Waals surface area (Å²) < 4.78 is 16.9. The topological polar surface area (TPSA) is 78.9 Å². The molecule has 0 spiro atoms. The Kier molecular flexibility index (Phi) is 64.2. The standard InChI is InChI=1S/C73H128O6/c1-4-7-10-13-16-19-22-25-28-30-31-32-33-34-35-36-37-38-39-40-41-43-45-48-51-54-57-60-63-66-72(75)78-69-70(68-77-71(74)65-62-59-56-53-50-47-44-27-24-21-18-15-12-9-6-3)79-73(76)67-64-61-58-55-52-49-46-42-29-26-23-20-17-14-11-8-5-2/h9,12,18,21-22,25,27,30-31,33-34,44,50,53,70H,4-8,10-11,13-17,19-20,23-24,26,28-29,32,35-43,45-49,51-52,54-69H2,1-3H3/b12-9-,21-18-,25-22-,31-30-,34-33-,44-27-,53-50-. The van der Waals surface area contributed by atoms with Crippen LogP contribution in [0.1, 0.15) is 342 Å². The van der Waals surface area contributed by atoms with Gasteiger partial charge < -0.3 is 14.2 Å². The van der Waals surface area contributed by atoms with Crippen LogP contribution in [0.25, 0.3) is 0 Å². The fourth-order valence-corrected chi connectivity index (χ4v) is 9.80. The third-order valence-electron chi connectivity index (χ3n) is 14.9. The van der Waals surface area contributed by atoms with Crippen LogP contribution in [0.5, 0.6) is 0 Å². The number of rotatable bonds is 62. The number of hydrogen-bond donors (Lipinski definition) is 0. The molecule has 0 aromatic heterocycles. The summed E-state index contributed by atoms with van der Waals surface area (Å²) in [6.07, 6.45) is 88.9. The van der Waals surface area contributed by atoms with E-state index in [2.05, 4.69) is 106 Å². The van der Waals surface area contributed by atoms with Crippen LogP contribution in [0.3, 0.4) is 0 Å². The van der Waals surface area contributed by atoms with Gasteiger partial charge in [-0.15, -0.1) is 0 Å². The largest absolute Gasteiger partial charge is 0.462 e. The number of carbonyl (C=O) groups excluding carboxylic acids is 3. The third kappa shape index (κ3) is 65.3. The van der Waals surface area contributed by atoms with Crippen LogP contribution in [0.2, 0.25) is 0 Å². The van der Waals surface area contributed by atoms with Crippen molar-refractivity contribution in [1.29, 1.82) is 0 Å². The van der Waals surface area contributed by atoms with Gasteiger partial charge in [0.25, 0.3) is 0 Å². The first-order valence-corrected chi connectivity index (χ1v) is 34.1. The molecule has 6 heteroatoms. The Balaban J connectivity index is 4.28. The van der Waals surface area contributed by atoms with Gasteiger partial charge in [-0.2, -0.15) is 0 Å². The zero-order valence-corrected chi connectivity index (χ0v) is 52.4. The highest BCUT2D eigenvalue weighted by Crippen LogP contribution is 2.17. The maximum atomic E-state index is 12.9. The molecule has 0 aliphatic heterocycles. The van der Waals surface area contributed by atoms with Gasteiger partial charge >= 0.3 is 17.9 Å². The van der Waals surface area contributed by atoms with Gasteiger partial charge in [0.05, 0.1) is 0 Å². The van der Waals surface area contributed by atoms with Crippen molar-refractivity contribution >= 4 is 17.9 Å². The van der Waals surface area contributed by atoms with Gasteiger partial charge in [0.1, 0.15) is 13.2 Å². The monoisotopic (exact) mass is 1100 g/mol. The lowest BCUT2D eigenvalue weighted by Crippen LogP contribution is -2.30. The van der Waals surface area contributed by atoms with Crippen LogP contribution in [-0.2, 0) is 28.6 Å². The summed E-state index contributed by atoms with van der Waals surface area (Å²) in [6, 6.07) is 0. The van der Waals surface area contributed by atoms with Crippen molar-refractivity contribution in [3.63, 3.8) is 0 Å². The molecule has 0 bridgehead atoms. The molecule has 0 fully saturated rings. The number of ether oxygens (including phenoxy) is 3. The molecule has 0 aliphatic rings. The summed E-state index contributed by atoms with van der Waals surface area (Å²) in [4.78, 5) is 38.4. The average Bonchev–Trinajstić information content (AvgIpc) is 3.45. The molecule has 1 unspecified atom stereocenters. The molecule has 0 saturated carbocycles. The second kappa shape index (κ2) is 67.1. The summed E-state index contributed by atoms with van der Waals surface area (Å²) in [5.74, 6) is -0.913. The predicted molar refractivity (Wildman–Crippen MR) is 344 cm³/mol. The van der Waals surface area contributed by atoms with Gasteiger partial charge in [-0.25, -0.2) is 0 Å². The van der Waals surface area contributed by atoms with Crippen LogP contribution < -0.4 is 0 Å². The lowest BCUT2D eigenvalue weighted by molar-refractivity contribution is -0.167. The Morgan fingerprint density at radius 2 is 0.494 bits per heavy atom. The van der Waals surface area contributed by atoms with Crippen molar-refractivity contribution in [1.82, 2.24) is 0 Å². The maximum absolute atomic E-state index is 12.9. The van der Waals surface area contributed by atoms with Gasteiger partial charge in [0.2, 0.25) is 0 Å². The quantitative estimate of drug-likeness (QED) is 0.0261. The van der Waals surface area contributed by atoms with Crippen molar-refractivity contribution < 1.29 is 28.6 Å². The first-order valence-electron chi connectivity index (χ1n) is 34.1. The van der Waals surface area contributed by atoms with E-state index in [0.717, 1.165) is 96.3 Å². The van der Waals surface area contributed by atoms with Crippen molar-refractivity contribution in [2.45, 2.75) is 348 Å². The second-order valence-electron chi connectivity index (χ2n) is 22.7. The molecule has 0 radical (unpaired) electrons. The van der Waals surface area contributed by atoms with Crippen LogP contribution in [0, 0.1) is 0 Å². The Hall–Kier alpha value is -3.41. The highest BCUT2D eigenvalue weighted by molar-refractivity contribution is 5.71. The molecule has 0 aliphatic carbocycles. The molecule has 79 heavy (non-hydrogen) atoms. The van der Waals surface area contributed by atoms with Crippen molar-refractivity contribution in [3.05, 3.63) is 85.1 Å². The van der Waals surface area contributed by atoms with Crippen LogP contribution in [0.15, 0.2) is 85.1 Å². The molecular weight excluding hydrogens is 973 g/mol. The van der Waals surface area contributed by atoms with Gasteiger partial charge in [-0.05, 0) is 96.3 Å². The molecule has 1 atom stereocenters. The summed E-state index contributed by atoms with van der Waals surface area (Å²) in [7, 11) is 0. The normalized spacial score (nSPS) is 12.6. The van der Waals surface area contributed by atoms with E-state index in [1.54, 1.807) is 0 Å². The minimum Gasteiger partial charge on any atom is -0.462 e. The van der Waals surface area contributed by atoms with E-state index in [1.807, 2.05) is 0 Å². The van der Waals surface area contributed by atoms with E-state index in [4.69, 9.17) is 14.2 Å². The van der Waals surface area contributed by atoms with Crippen molar-refractivity contribution in [3.8, 4) is 0 Å².